The second-order valence-corrected chi connectivity index (χ2v) is 6.54. The molecule has 0 amide bonds. The molecule has 1 aromatic rings. The lowest BCUT2D eigenvalue weighted by Crippen LogP contribution is -2.51. The number of rotatable bonds is 8. The fourth-order valence-corrected chi connectivity index (χ4v) is 3.45. The first-order valence-corrected chi connectivity index (χ1v) is 8.03. The van der Waals surface area contributed by atoms with Crippen LogP contribution in [0.5, 0.6) is 0 Å². The first-order valence-electron chi connectivity index (χ1n) is 7.15. The molecule has 0 heterocycles. The van der Waals surface area contributed by atoms with Gasteiger partial charge >= 0.3 is 5.97 Å². The summed E-state index contributed by atoms with van der Waals surface area (Å²) in [7, 11) is 0. The lowest BCUT2D eigenvalue weighted by atomic mass is 9.96. The first kappa shape index (κ1) is 17.1. The number of carbonyl (C=O) groups excluding carboxylic acids is 1. The molecule has 1 rings (SSSR count). The summed E-state index contributed by atoms with van der Waals surface area (Å²) < 4.78 is 5.20. The van der Waals surface area contributed by atoms with Crippen LogP contribution in [-0.2, 0) is 9.53 Å². The fourth-order valence-electron chi connectivity index (χ4n) is 2.26. The van der Waals surface area contributed by atoms with Gasteiger partial charge in [0.1, 0.15) is 5.54 Å². The van der Waals surface area contributed by atoms with Gasteiger partial charge in [0.05, 0.1) is 6.61 Å². The van der Waals surface area contributed by atoms with E-state index in [0.29, 0.717) is 11.9 Å². The van der Waals surface area contributed by atoms with Crippen LogP contribution in [-0.4, -0.2) is 29.9 Å². The quantitative estimate of drug-likeness (QED) is 0.588. The molecule has 0 bridgehead atoms. The topological polar surface area (TPSA) is 38.3 Å². The number of carbonyl (C=O) groups is 1. The molecule has 20 heavy (non-hydrogen) atoms. The lowest BCUT2D eigenvalue weighted by Gasteiger charge is -2.30. The minimum absolute atomic E-state index is 0.164. The van der Waals surface area contributed by atoms with E-state index < -0.39 is 5.54 Å². The summed E-state index contributed by atoms with van der Waals surface area (Å²) in [6.07, 6.45) is 0.735. The summed E-state index contributed by atoms with van der Waals surface area (Å²) in [5.41, 5.74) is -0.619. The second-order valence-electron chi connectivity index (χ2n) is 5.03. The zero-order valence-electron chi connectivity index (χ0n) is 12.8. The molecule has 0 aliphatic rings. The second kappa shape index (κ2) is 8.32. The molecule has 0 radical (unpaired) electrons. The van der Waals surface area contributed by atoms with Gasteiger partial charge in [-0.2, -0.15) is 0 Å². The van der Waals surface area contributed by atoms with Crippen LogP contribution >= 0.6 is 11.8 Å². The van der Waals surface area contributed by atoms with E-state index in [9.17, 15) is 4.79 Å². The Morgan fingerprint density at radius 3 is 2.55 bits per heavy atom. The van der Waals surface area contributed by atoms with Crippen LogP contribution in [0.3, 0.4) is 0 Å². The van der Waals surface area contributed by atoms with Crippen molar-refractivity contribution >= 4 is 17.7 Å². The summed E-state index contributed by atoms with van der Waals surface area (Å²) in [6.45, 7) is 9.08. The molecule has 0 aromatic heterocycles. The van der Waals surface area contributed by atoms with Crippen LogP contribution in [0.4, 0.5) is 0 Å². The average Bonchev–Trinajstić information content (AvgIpc) is 2.40. The predicted octanol–water partition coefficient (Wildman–Crippen LogP) is 3.49. The molecule has 112 valence electrons. The van der Waals surface area contributed by atoms with Gasteiger partial charge in [-0.25, -0.2) is 0 Å². The van der Waals surface area contributed by atoms with E-state index in [0.717, 1.165) is 13.0 Å². The largest absolute Gasteiger partial charge is 0.465 e. The van der Waals surface area contributed by atoms with E-state index in [4.69, 9.17) is 4.74 Å². The highest BCUT2D eigenvalue weighted by molar-refractivity contribution is 7.99. The van der Waals surface area contributed by atoms with E-state index in [-0.39, 0.29) is 5.97 Å². The Balaban J connectivity index is 2.67. The fraction of sp³-hybridized carbons (Fsp3) is 0.562. The standard InChI is InChI=1S/C16H25NO2S/c1-5-17-16(4,15(18)19-6-2)12-13(3)20-14-10-8-7-9-11-14/h7-11,13,17H,5-6,12H2,1-4H3. The molecular formula is C16H25NO2S. The molecule has 0 fully saturated rings. The van der Waals surface area contributed by atoms with Gasteiger partial charge in [0.15, 0.2) is 0 Å². The number of ether oxygens (including phenoxy) is 1. The van der Waals surface area contributed by atoms with E-state index in [2.05, 4.69) is 24.4 Å². The summed E-state index contributed by atoms with van der Waals surface area (Å²) in [6, 6.07) is 10.3. The van der Waals surface area contributed by atoms with Crippen molar-refractivity contribution in [3.8, 4) is 0 Å². The Bertz CT molecular complexity index is 410. The molecule has 0 spiro atoms. The summed E-state index contributed by atoms with van der Waals surface area (Å²) in [5.74, 6) is -0.164. The molecule has 0 saturated carbocycles. The predicted molar refractivity (Wildman–Crippen MR) is 85.1 cm³/mol. The van der Waals surface area contributed by atoms with E-state index in [1.165, 1.54) is 4.90 Å². The average molecular weight is 295 g/mol. The minimum atomic E-state index is -0.619. The van der Waals surface area contributed by atoms with Gasteiger partial charge in [-0.05, 0) is 38.9 Å². The number of hydrogen-bond donors (Lipinski definition) is 1. The SMILES string of the molecule is CCNC(C)(CC(C)Sc1ccccc1)C(=O)OCC. The van der Waals surface area contributed by atoms with Gasteiger partial charge in [-0.1, -0.05) is 32.0 Å². The number of thioether (sulfide) groups is 1. The van der Waals surface area contributed by atoms with Crippen LogP contribution in [0.2, 0.25) is 0 Å². The highest BCUT2D eigenvalue weighted by atomic mass is 32.2. The monoisotopic (exact) mass is 295 g/mol. The number of likely N-dealkylation sites (N-methyl/N-ethyl adjacent to an activating group) is 1. The van der Waals surface area contributed by atoms with Crippen molar-refractivity contribution in [2.24, 2.45) is 0 Å². The molecule has 2 unspecified atom stereocenters. The van der Waals surface area contributed by atoms with Crippen molar-refractivity contribution < 1.29 is 9.53 Å². The van der Waals surface area contributed by atoms with E-state index in [1.54, 1.807) is 11.8 Å². The van der Waals surface area contributed by atoms with Crippen LogP contribution in [0.15, 0.2) is 35.2 Å². The highest BCUT2D eigenvalue weighted by Crippen LogP contribution is 2.29. The van der Waals surface area contributed by atoms with Crippen LogP contribution < -0.4 is 5.32 Å². The molecule has 4 heteroatoms. The lowest BCUT2D eigenvalue weighted by molar-refractivity contribution is -0.150. The van der Waals surface area contributed by atoms with Crippen LogP contribution in [0, 0.1) is 0 Å². The summed E-state index contributed by atoms with van der Waals surface area (Å²) in [5, 5.41) is 3.60. The molecule has 1 N–H and O–H groups in total. The van der Waals surface area contributed by atoms with Crippen LogP contribution in [0.25, 0.3) is 0 Å². The maximum Gasteiger partial charge on any atom is 0.326 e. The third kappa shape index (κ3) is 5.17. The molecule has 0 aliphatic heterocycles. The van der Waals surface area contributed by atoms with Crippen molar-refractivity contribution in [3.05, 3.63) is 30.3 Å². The highest BCUT2D eigenvalue weighted by Gasteiger charge is 2.35. The normalized spacial score (nSPS) is 15.4. The van der Waals surface area contributed by atoms with Crippen molar-refractivity contribution in [2.75, 3.05) is 13.2 Å². The van der Waals surface area contributed by atoms with Gasteiger partial charge in [-0.15, -0.1) is 11.8 Å². The van der Waals surface area contributed by atoms with Gasteiger partial charge in [0.2, 0.25) is 0 Å². The van der Waals surface area contributed by atoms with Gasteiger partial charge in [0, 0.05) is 10.1 Å². The van der Waals surface area contributed by atoms with Crippen molar-refractivity contribution in [1.29, 1.82) is 0 Å². The van der Waals surface area contributed by atoms with Crippen molar-refractivity contribution in [3.63, 3.8) is 0 Å². The number of nitrogens with one attached hydrogen (secondary N) is 1. The smallest absolute Gasteiger partial charge is 0.326 e. The molecule has 3 nitrogen and oxygen atoms in total. The molecule has 0 aliphatic carbocycles. The minimum Gasteiger partial charge on any atom is -0.465 e. The zero-order valence-corrected chi connectivity index (χ0v) is 13.6. The number of esters is 1. The Morgan fingerprint density at radius 1 is 1.35 bits per heavy atom. The van der Waals surface area contributed by atoms with E-state index >= 15 is 0 Å². The maximum absolute atomic E-state index is 12.1. The molecule has 1 aromatic carbocycles. The first-order chi connectivity index (χ1) is 9.51. The molecule has 2 atom stereocenters. The Morgan fingerprint density at radius 2 is 2.00 bits per heavy atom. The number of hydrogen-bond acceptors (Lipinski definition) is 4. The summed E-state index contributed by atoms with van der Waals surface area (Å²) in [4.78, 5) is 13.4. The Labute approximate surface area is 126 Å². The third-order valence-corrected chi connectivity index (χ3v) is 4.18. The third-order valence-electron chi connectivity index (χ3n) is 3.07. The van der Waals surface area contributed by atoms with Gasteiger partial charge in [0.25, 0.3) is 0 Å². The van der Waals surface area contributed by atoms with Gasteiger partial charge in [-0.3, -0.25) is 4.79 Å². The molecule has 0 saturated heterocycles. The summed E-state index contributed by atoms with van der Waals surface area (Å²) >= 11 is 1.78. The Kier molecular flexibility index (Phi) is 7.10. The Hall–Kier alpha value is -1.00. The number of benzene rings is 1. The van der Waals surface area contributed by atoms with Crippen LogP contribution in [0.1, 0.15) is 34.1 Å². The van der Waals surface area contributed by atoms with Crippen molar-refractivity contribution in [1.82, 2.24) is 5.32 Å². The zero-order chi connectivity index (χ0) is 15.0. The van der Waals surface area contributed by atoms with Gasteiger partial charge < -0.3 is 10.1 Å². The van der Waals surface area contributed by atoms with Crippen molar-refractivity contribution in [2.45, 2.75) is 49.8 Å². The maximum atomic E-state index is 12.1. The molecular weight excluding hydrogens is 270 g/mol. The van der Waals surface area contributed by atoms with E-state index in [1.807, 2.05) is 39.0 Å².